The summed E-state index contributed by atoms with van der Waals surface area (Å²) >= 11 is 1.88. The molecule has 0 aliphatic rings. The first-order valence-corrected chi connectivity index (χ1v) is 19.1. The summed E-state index contributed by atoms with van der Waals surface area (Å²) in [4.78, 5) is 23.7. The first-order valence-electron chi connectivity index (χ1n) is 16.4. The van der Waals surface area contributed by atoms with Gasteiger partial charge in [0.15, 0.2) is 0 Å². The zero-order valence-electron chi connectivity index (χ0n) is 27.2. The van der Waals surface area contributed by atoms with Gasteiger partial charge in [-0.05, 0) is 37.4 Å². The Morgan fingerprint density at radius 1 is 0.800 bits per heavy atom. The van der Waals surface area contributed by atoms with Crippen LogP contribution in [0.3, 0.4) is 0 Å². The Morgan fingerprint density at radius 2 is 1.30 bits per heavy atom. The fraction of sp³-hybridized carbons (Fsp3) is 0.969. The summed E-state index contributed by atoms with van der Waals surface area (Å²) in [7, 11) is -4.36. The molecule has 0 amide bonds. The highest BCUT2D eigenvalue weighted by atomic mass is 32.2. The highest BCUT2D eigenvalue weighted by Gasteiger charge is 2.43. The number of ether oxygens (including phenoxy) is 2. The molecule has 40 heavy (non-hydrogen) atoms. The molecule has 4 atom stereocenters. The molecule has 0 radical (unpaired) electrons. The van der Waals surface area contributed by atoms with Crippen LogP contribution in [-0.2, 0) is 23.4 Å². The van der Waals surface area contributed by atoms with E-state index in [-0.39, 0.29) is 30.0 Å². The van der Waals surface area contributed by atoms with Gasteiger partial charge >= 0.3 is 13.6 Å². The molecule has 0 saturated carbocycles. The summed E-state index contributed by atoms with van der Waals surface area (Å²) in [5.74, 6) is -1.41. The van der Waals surface area contributed by atoms with Gasteiger partial charge in [0.25, 0.3) is 5.85 Å². The molecular weight excluding hydrogens is 543 g/mol. The maximum absolute atomic E-state index is 13.1. The third-order valence-electron chi connectivity index (χ3n) is 6.91. The van der Waals surface area contributed by atoms with Gasteiger partial charge in [-0.3, -0.25) is 4.57 Å². The van der Waals surface area contributed by atoms with Crippen LogP contribution in [0.5, 0.6) is 0 Å². The molecule has 4 unspecified atom stereocenters. The Bertz CT molecular complexity index is 654. The lowest BCUT2D eigenvalue weighted by molar-refractivity contribution is -0.158. The molecule has 0 aromatic heterocycles. The van der Waals surface area contributed by atoms with Crippen molar-refractivity contribution in [2.24, 2.45) is 5.41 Å². The number of hydrogen-bond donors (Lipinski definition) is 1. The van der Waals surface area contributed by atoms with Crippen LogP contribution in [0.15, 0.2) is 0 Å². The Labute approximate surface area is 252 Å². The van der Waals surface area contributed by atoms with E-state index < -0.39 is 19.4 Å². The monoisotopic (exact) mass is 608 g/mol. The van der Waals surface area contributed by atoms with Crippen molar-refractivity contribution in [1.82, 2.24) is 0 Å². The van der Waals surface area contributed by atoms with Gasteiger partial charge in [-0.1, -0.05) is 131 Å². The van der Waals surface area contributed by atoms with Crippen molar-refractivity contribution in [1.29, 1.82) is 0 Å². The molecule has 0 spiro atoms. The number of thioether (sulfide) groups is 1. The maximum Gasteiger partial charge on any atom is 0.368 e. The molecule has 240 valence electrons. The minimum absolute atomic E-state index is 0.0865. The fourth-order valence-electron chi connectivity index (χ4n) is 4.43. The topological polar surface area (TPSA) is 82.1 Å². The number of carbonyl (C=O) groups excluding carboxylic acids is 1. The Balaban J connectivity index is 5.18. The SMILES string of the molecule is CCCCCCCCCCSC(CCCCCCCCC)C(C)OC(C(=O)OCC(C)(C)C)P(=O)(O)OCCC. The maximum atomic E-state index is 13.1. The summed E-state index contributed by atoms with van der Waals surface area (Å²) < 4.78 is 29.9. The molecule has 0 fully saturated rings. The largest absolute Gasteiger partial charge is 0.463 e. The first kappa shape index (κ1) is 39.9. The second kappa shape index (κ2) is 24.4. The second-order valence-corrected chi connectivity index (χ2v) is 15.8. The van der Waals surface area contributed by atoms with Crippen LogP contribution in [0, 0.1) is 5.41 Å². The van der Waals surface area contributed by atoms with Gasteiger partial charge in [-0.2, -0.15) is 11.8 Å². The molecule has 0 saturated heterocycles. The van der Waals surface area contributed by atoms with Crippen LogP contribution >= 0.6 is 19.4 Å². The Kier molecular flexibility index (Phi) is 24.3. The summed E-state index contributed by atoms with van der Waals surface area (Å²) in [6, 6.07) is 0. The predicted octanol–water partition coefficient (Wildman–Crippen LogP) is 10.3. The van der Waals surface area contributed by atoms with Gasteiger partial charge in [0.1, 0.15) is 0 Å². The van der Waals surface area contributed by atoms with Crippen LogP contribution in [-0.4, -0.2) is 47.0 Å². The Hall–Kier alpha value is -0.0700. The van der Waals surface area contributed by atoms with Crippen LogP contribution in [0.1, 0.15) is 158 Å². The van der Waals surface area contributed by atoms with Crippen molar-refractivity contribution < 1.29 is 28.3 Å². The van der Waals surface area contributed by atoms with Crippen LogP contribution in [0.2, 0.25) is 0 Å². The van der Waals surface area contributed by atoms with E-state index in [1.165, 1.54) is 83.5 Å². The predicted molar refractivity (Wildman–Crippen MR) is 172 cm³/mol. The van der Waals surface area contributed by atoms with Gasteiger partial charge in [0.2, 0.25) is 0 Å². The molecule has 0 aromatic carbocycles. The van der Waals surface area contributed by atoms with Crippen molar-refractivity contribution in [3.8, 4) is 0 Å². The molecule has 1 N–H and O–H groups in total. The summed E-state index contributed by atoms with van der Waals surface area (Å²) in [5, 5.41) is 0.143. The van der Waals surface area contributed by atoms with Crippen molar-refractivity contribution in [3.05, 3.63) is 0 Å². The molecular formula is C32H65O6PS. The Morgan fingerprint density at radius 3 is 1.80 bits per heavy atom. The smallest absolute Gasteiger partial charge is 0.368 e. The average Bonchev–Trinajstić information content (AvgIpc) is 2.90. The van der Waals surface area contributed by atoms with Crippen LogP contribution < -0.4 is 0 Å². The third-order valence-corrected chi connectivity index (χ3v) is 9.96. The molecule has 0 aromatic rings. The molecule has 8 heteroatoms. The van der Waals surface area contributed by atoms with E-state index in [9.17, 15) is 14.3 Å². The van der Waals surface area contributed by atoms with Crippen molar-refractivity contribution in [3.63, 3.8) is 0 Å². The zero-order valence-corrected chi connectivity index (χ0v) is 28.9. The number of esters is 1. The number of unbranched alkanes of at least 4 members (excludes halogenated alkanes) is 13. The first-order chi connectivity index (χ1) is 19.0. The van der Waals surface area contributed by atoms with Crippen molar-refractivity contribution in [2.75, 3.05) is 19.0 Å². The van der Waals surface area contributed by atoms with Crippen molar-refractivity contribution in [2.45, 2.75) is 175 Å². The summed E-state index contributed by atoms with van der Waals surface area (Å²) in [6.45, 7) is 14.3. The molecule has 0 heterocycles. The minimum atomic E-state index is -4.36. The lowest BCUT2D eigenvalue weighted by Crippen LogP contribution is -2.36. The molecule has 6 nitrogen and oxygen atoms in total. The molecule has 0 aliphatic heterocycles. The lowest BCUT2D eigenvalue weighted by Gasteiger charge is -2.30. The second-order valence-electron chi connectivity index (χ2n) is 12.6. The molecule has 0 rings (SSSR count). The standard InChI is InChI=1S/C32H65O6PS/c1-8-11-13-15-17-19-21-23-26-40-29(24-22-20-18-16-14-12-9-2)28(4)38-31(39(34,35)37-25-10-3)30(33)36-27-32(5,6)7/h28-29,31H,8-27H2,1-7H3,(H,34,35). The number of carbonyl (C=O) groups is 1. The average molecular weight is 609 g/mol. The van der Waals surface area contributed by atoms with E-state index in [4.69, 9.17) is 14.0 Å². The van der Waals surface area contributed by atoms with E-state index in [2.05, 4.69) is 13.8 Å². The van der Waals surface area contributed by atoms with Gasteiger partial charge in [0.05, 0.1) is 19.3 Å². The number of hydrogen-bond acceptors (Lipinski definition) is 6. The van der Waals surface area contributed by atoms with E-state index in [1.54, 1.807) is 0 Å². The van der Waals surface area contributed by atoms with E-state index in [0.29, 0.717) is 6.42 Å². The van der Waals surface area contributed by atoms with Gasteiger partial charge in [0, 0.05) is 5.25 Å². The summed E-state index contributed by atoms with van der Waals surface area (Å²) in [6.07, 6.45) is 20.1. The van der Waals surface area contributed by atoms with Crippen molar-refractivity contribution >= 4 is 25.3 Å². The highest BCUT2D eigenvalue weighted by molar-refractivity contribution is 7.99. The van der Waals surface area contributed by atoms with Gasteiger partial charge < -0.3 is 18.9 Å². The zero-order chi connectivity index (χ0) is 30.3. The van der Waals surface area contributed by atoms with E-state index >= 15 is 0 Å². The number of rotatable bonds is 27. The third kappa shape index (κ3) is 21.6. The molecule has 0 bridgehead atoms. The quantitative estimate of drug-likeness (QED) is 0.0564. The summed E-state index contributed by atoms with van der Waals surface area (Å²) in [5.41, 5.74) is -0.263. The van der Waals surface area contributed by atoms with Gasteiger partial charge in [-0.25, -0.2) is 4.79 Å². The van der Waals surface area contributed by atoms with Crippen LogP contribution in [0.25, 0.3) is 0 Å². The van der Waals surface area contributed by atoms with Crippen LogP contribution in [0.4, 0.5) is 0 Å². The molecule has 0 aliphatic carbocycles. The van der Waals surface area contributed by atoms with E-state index in [1.807, 2.05) is 46.4 Å². The minimum Gasteiger partial charge on any atom is -0.463 e. The van der Waals surface area contributed by atoms with E-state index in [0.717, 1.165) is 25.0 Å². The van der Waals surface area contributed by atoms with Gasteiger partial charge in [-0.15, -0.1) is 0 Å². The lowest BCUT2D eigenvalue weighted by atomic mass is 9.99. The fourth-order valence-corrected chi connectivity index (χ4v) is 7.04. The normalized spacial score (nSPS) is 15.9. The highest BCUT2D eigenvalue weighted by Crippen LogP contribution is 2.49.